The molecule has 14 heavy (non-hydrogen) atoms. The molecule has 0 unspecified atom stereocenters. The molecule has 0 saturated heterocycles. The molecule has 0 amide bonds. The second kappa shape index (κ2) is 4.37. The Kier molecular flexibility index (Phi) is 3.41. The minimum atomic E-state index is -0.978. The van der Waals surface area contributed by atoms with Gasteiger partial charge >= 0.3 is 0 Å². The Balaban J connectivity index is 3.23. The van der Waals surface area contributed by atoms with Gasteiger partial charge in [0.25, 0.3) is 0 Å². The van der Waals surface area contributed by atoms with Gasteiger partial charge < -0.3 is 10.5 Å². The third kappa shape index (κ3) is 1.85. The minimum Gasteiger partial charge on any atom is -0.493 e. The highest BCUT2D eigenvalue weighted by molar-refractivity contribution is 5.37. The molecule has 2 nitrogen and oxygen atoms in total. The summed E-state index contributed by atoms with van der Waals surface area (Å²) in [5.41, 5.74) is 6.21. The highest BCUT2D eigenvalue weighted by atomic mass is 19.2. The van der Waals surface area contributed by atoms with Crippen molar-refractivity contribution in [2.45, 2.75) is 19.4 Å². The van der Waals surface area contributed by atoms with Gasteiger partial charge in [-0.2, -0.15) is 4.39 Å². The molecular weight excluding hydrogens is 188 g/mol. The SMILES string of the molecule is CC[C@@H](N)c1ccc(F)c(F)c1OC. The van der Waals surface area contributed by atoms with Gasteiger partial charge in [-0.05, 0) is 12.5 Å². The largest absolute Gasteiger partial charge is 0.493 e. The predicted octanol–water partition coefficient (Wildman–Crippen LogP) is 2.38. The lowest BCUT2D eigenvalue weighted by atomic mass is 10.0. The average molecular weight is 201 g/mol. The zero-order chi connectivity index (χ0) is 10.7. The van der Waals surface area contributed by atoms with Gasteiger partial charge in [0.15, 0.2) is 11.6 Å². The number of nitrogens with two attached hydrogens (primary N) is 1. The molecule has 0 saturated carbocycles. The van der Waals surface area contributed by atoms with Crippen molar-refractivity contribution in [3.63, 3.8) is 0 Å². The third-order valence-electron chi connectivity index (χ3n) is 2.12. The molecule has 0 spiro atoms. The van der Waals surface area contributed by atoms with Crippen LogP contribution >= 0.6 is 0 Å². The maximum atomic E-state index is 13.2. The fourth-order valence-electron chi connectivity index (χ4n) is 1.27. The van der Waals surface area contributed by atoms with Crippen LogP contribution in [0.2, 0.25) is 0 Å². The van der Waals surface area contributed by atoms with Gasteiger partial charge in [-0.25, -0.2) is 4.39 Å². The van der Waals surface area contributed by atoms with E-state index in [4.69, 9.17) is 10.5 Å². The van der Waals surface area contributed by atoms with Gasteiger partial charge in [-0.15, -0.1) is 0 Å². The zero-order valence-electron chi connectivity index (χ0n) is 8.18. The normalized spacial score (nSPS) is 12.6. The Morgan fingerprint density at radius 3 is 2.57 bits per heavy atom. The van der Waals surface area contributed by atoms with Crippen LogP contribution < -0.4 is 10.5 Å². The van der Waals surface area contributed by atoms with Crippen molar-refractivity contribution in [2.75, 3.05) is 7.11 Å². The van der Waals surface area contributed by atoms with E-state index < -0.39 is 11.6 Å². The van der Waals surface area contributed by atoms with E-state index in [1.807, 2.05) is 6.92 Å². The molecule has 2 N–H and O–H groups in total. The monoisotopic (exact) mass is 201 g/mol. The van der Waals surface area contributed by atoms with Gasteiger partial charge in [0.2, 0.25) is 5.82 Å². The molecule has 0 fully saturated rings. The fraction of sp³-hybridized carbons (Fsp3) is 0.400. The van der Waals surface area contributed by atoms with E-state index in [1.54, 1.807) is 0 Å². The molecule has 4 heteroatoms. The summed E-state index contributed by atoms with van der Waals surface area (Å²) in [5, 5.41) is 0. The van der Waals surface area contributed by atoms with Crippen LogP contribution in [0.5, 0.6) is 5.75 Å². The summed E-state index contributed by atoms with van der Waals surface area (Å²) in [7, 11) is 1.30. The third-order valence-corrected chi connectivity index (χ3v) is 2.12. The summed E-state index contributed by atoms with van der Waals surface area (Å²) in [5.74, 6) is -2.00. The Morgan fingerprint density at radius 1 is 1.43 bits per heavy atom. The van der Waals surface area contributed by atoms with Gasteiger partial charge in [-0.1, -0.05) is 13.0 Å². The number of hydrogen-bond donors (Lipinski definition) is 1. The first-order valence-electron chi connectivity index (χ1n) is 4.39. The van der Waals surface area contributed by atoms with E-state index in [1.165, 1.54) is 13.2 Å². The summed E-state index contributed by atoms with van der Waals surface area (Å²) in [6, 6.07) is 2.17. The first kappa shape index (κ1) is 10.9. The summed E-state index contributed by atoms with van der Waals surface area (Å²) >= 11 is 0. The van der Waals surface area contributed by atoms with Crippen LogP contribution in [0.1, 0.15) is 24.9 Å². The Hall–Kier alpha value is -1.16. The van der Waals surface area contributed by atoms with Crippen LogP contribution in [0.15, 0.2) is 12.1 Å². The van der Waals surface area contributed by atoms with E-state index in [-0.39, 0.29) is 11.8 Å². The van der Waals surface area contributed by atoms with Crippen LogP contribution in [-0.4, -0.2) is 7.11 Å². The second-order valence-electron chi connectivity index (χ2n) is 3.00. The highest BCUT2D eigenvalue weighted by Crippen LogP contribution is 2.29. The Bertz CT molecular complexity index is 328. The smallest absolute Gasteiger partial charge is 0.200 e. The molecule has 0 radical (unpaired) electrons. The van der Waals surface area contributed by atoms with E-state index in [0.717, 1.165) is 6.07 Å². The molecule has 0 aliphatic rings. The average Bonchev–Trinajstić information content (AvgIpc) is 2.20. The maximum Gasteiger partial charge on any atom is 0.200 e. The van der Waals surface area contributed by atoms with Crippen LogP contribution in [-0.2, 0) is 0 Å². The minimum absolute atomic E-state index is 0.0978. The molecule has 0 aliphatic heterocycles. The standard InChI is InChI=1S/C10H13F2NO/c1-3-8(13)6-4-5-7(11)9(12)10(6)14-2/h4-5,8H,3,13H2,1-2H3/t8-/m1/s1. The topological polar surface area (TPSA) is 35.2 Å². The first-order valence-corrected chi connectivity index (χ1v) is 4.39. The van der Waals surface area contributed by atoms with Crippen molar-refractivity contribution in [3.05, 3.63) is 29.3 Å². The maximum absolute atomic E-state index is 13.2. The summed E-state index contributed by atoms with van der Waals surface area (Å²) in [6.07, 6.45) is 0.640. The van der Waals surface area contributed by atoms with Crippen LogP contribution in [0.4, 0.5) is 8.78 Å². The lowest BCUT2D eigenvalue weighted by molar-refractivity contribution is 0.363. The molecule has 0 bridgehead atoms. The highest BCUT2D eigenvalue weighted by Gasteiger charge is 2.17. The molecule has 1 atom stereocenters. The molecule has 0 aromatic heterocycles. The number of methoxy groups -OCH3 is 1. The molecule has 0 heterocycles. The second-order valence-corrected chi connectivity index (χ2v) is 3.00. The number of benzene rings is 1. The first-order chi connectivity index (χ1) is 6.61. The van der Waals surface area contributed by atoms with Crippen molar-refractivity contribution in [2.24, 2.45) is 5.73 Å². The number of rotatable bonds is 3. The van der Waals surface area contributed by atoms with Crippen LogP contribution in [0.3, 0.4) is 0 Å². The van der Waals surface area contributed by atoms with Gasteiger partial charge in [-0.3, -0.25) is 0 Å². The van der Waals surface area contributed by atoms with Crippen molar-refractivity contribution in [1.82, 2.24) is 0 Å². The molecule has 1 aromatic carbocycles. The number of halogens is 2. The number of hydrogen-bond acceptors (Lipinski definition) is 2. The predicted molar refractivity (Wildman–Crippen MR) is 50.1 cm³/mol. The quantitative estimate of drug-likeness (QED) is 0.814. The van der Waals surface area contributed by atoms with Gasteiger partial charge in [0.1, 0.15) is 0 Å². The van der Waals surface area contributed by atoms with E-state index >= 15 is 0 Å². The van der Waals surface area contributed by atoms with Crippen molar-refractivity contribution in [1.29, 1.82) is 0 Å². The summed E-state index contributed by atoms with van der Waals surface area (Å²) < 4.78 is 30.8. The molecule has 1 aromatic rings. The van der Waals surface area contributed by atoms with E-state index in [2.05, 4.69) is 0 Å². The Labute approximate surface area is 81.7 Å². The number of ether oxygens (including phenoxy) is 1. The summed E-state index contributed by atoms with van der Waals surface area (Å²) in [4.78, 5) is 0. The van der Waals surface area contributed by atoms with Crippen LogP contribution in [0, 0.1) is 11.6 Å². The van der Waals surface area contributed by atoms with Gasteiger partial charge in [0, 0.05) is 11.6 Å². The Morgan fingerprint density at radius 2 is 2.07 bits per heavy atom. The molecule has 1 rings (SSSR count). The fourth-order valence-corrected chi connectivity index (χ4v) is 1.27. The molecule has 78 valence electrons. The van der Waals surface area contributed by atoms with Gasteiger partial charge in [0.05, 0.1) is 7.11 Å². The van der Waals surface area contributed by atoms with Crippen LogP contribution in [0.25, 0.3) is 0 Å². The van der Waals surface area contributed by atoms with Crippen molar-refractivity contribution >= 4 is 0 Å². The molecule has 0 aliphatic carbocycles. The molecular formula is C10H13F2NO. The van der Waals surface area contributed by atoms with E-state index in [0.29, 0.717) is 12.0 Å². The van der Waals surface area contributed by atoms with E-state index in [9.17, 15) is 8.78 Å². The summed E-state index contributed by atoms with van der Waals surface area (Å²) in [6.45, 7) is 1.87. The lowest BCUT2D eigenvalue weighted by Gasteiger charge is -2.14. The zero-order valence-corrected chi connectivity index (χ0v) is 8.18. The van der Waals surface area contributed by atoms with Crippen molar-refractivity contribution < 1.29 is 13.5 Å². The lowest BCUT2D eigenvalue weighted by Crippen LogP contribution is -2.11. The van der Waals surface area contributed by atoms with Crippen molar-refractivity contribution in [3.8, 4) is 5.75 Å².